The summed E-state index contributed by atoms with van der Waals surface area (Å²) in [5.41, 5.74) is 5.78. The Kier molecular flexibility index (Phi) is 6.48. The van der Waals surface area contributed by atoms with Crippen molar-refractivity contribution in [2.24, 2.45) is 11.7 Å². The SMILES string of the molecule is CN(C)C[C@@H]1CC[C@H](N)C1.O=C(O)C(F)(F)F. The van der Waals surface area contributed by atoms with Crippen molar-refractivity contribution in [3.05, 3.63) is 0 Å². The van der Waals surface area contributed by atoms with Gasteiger partial charge in [0.05, 0.1) is 0 Å². The van der Waals surface area contributed by atoms with Crippen LogP contribution in [-0.4, -0.2) is 48.8 Å². The van der Waals surface area contributed by atoms with Crippen LogP contribution in [0.15, 0.2) is 0 Å². The molecule has 0 bridgehead atoms. The molecule has 102 valence electrons. The molecule has 0 unspecified atom stereocenters. The van der Waals surface area contributed by atoms with Gasteiger partial charge in [-0.05, 0) is 39.3 Å². The maximum Gasteiger partial charge on any atom is 0.490 e. The van der Waals surface area contributed by atoms with E-state index in [1.807, 2.05) is 0 Å². The Morgan fingerprint density at radius 2 is 1.88 bits per heavy atom. The van der Waals surface area contributed by atoms with E-state index in [4.69, 9.17) is 15.6 Å². The molecular weight excluding hydrogens is 237 g/mol. The molecule has 1 aliphatic rings. The minimum Gasteiger partial charge on any atom is -0.475 e. The highest BCUT2D eigenvalue weighted by molar-refractivity contribution is 5.73. The first-order valence-electron chi connectivity index (χ1n) is 5.33. The maximum atomic E-state index is 10.6. The summed E-state index contributed by atoms with van der Waals surface area (Å²) in [5.74, 6) is -1.89. The average molecular weight is 256 g/mol. The molecule has 3 N–H and O–H groups in total. The minimum absolute atomic E-state index is 0.491. The highest BCUT2D eigenvalue weighted by Crippen LogP contribution is 2.24. The predicted octanol–water partition coefficient (Wildman–Crippen LogP) is 1.31. The van der Waals surface area contributed by atoms with Gasteiger partial charge in [0.2, 0.25) is 0 Å². The predicted molar refractivity (Wildman–Crippen MR) is 57.6 cm³/mol. The van der Waals surface area contributed by atoms with E-state index in [0.717, 1.165) is 5.92 Å². The van der Waals surface area contributed by atoms with Crippen molar-refractivity contribution in [1.29, 1.82) is 0 Å². The second kappa shape index (κ2) is 6.80. The highest BCUT2D eigenvalue weighted by atomic mass is 19.4. The quantitative estimate of drug-likeness (QED) is 0.781. The lowest BCUT2D eigenvalue weighted by Gasteiger charge is -2.15. The minimum atomic E-state index is -5.08. The summed E-state index contributed by atoms with van der Waals surface area (Å²) in [6, 6.07) is 0.491. The van der Waals surface area contributed by atoms with E-state index in [0.29, 0.717) is 6.04 Å². The molecule has 1 aliphatic carbocycles. The fourth-order valence-corrected chi connectivity index (χ4v) is 1.80. The molecule has 0 amide bonds. The van der Waals surface area contributed by atoms with Crippen LogP contribution in [-0.2, 0) is 4.79 Å². The van der Waals surface area contributed by atoms with Crippen LogP contribution in [0.1, 0.15) is 19.3 Å². The Bertz CT molecular complexity index is 244. The van der Waals surface area contributed by atoms with Gasteiger partial charge in [-0.1, -0.05) is 0 Å². The van der Waals surface area contributed by atoms with Crippen molar-refractivity contribution in [3.63, 3.8) is 0 Å². The zero-order chi connectivity index (χ0) is 13.6. The number of nitrogens with zero attached hydrogens (tertiary/aromatic N) is 1. The third kappa shape index (κ3) is 7.98. The zero-order valence-corrected chi connectivity index (χ0v) is 10.00. The number of hydrogen-bond donors (Lipinski definition) is 2. The van der Waals surface area contributed by atoms with Crippen molar-refractivity contribution in [2.75, 3.05) is 20.6 Å². The summed E-state index contributed by atoms with van der Waals surface area (Å²) in [6.07, 6.45) is -1.28. The summed E-state index contributed by atoms with van der Waals surface area (Å²) in [5, 5.41) is 7.12. The third-order valence-electron chi connectivity index (χ3n) is 2.45. The molecule has 0 heterocycles. The highest BCUT2D eigenvalue weighted by Gasteiger charge is 2.38. The molecule has 1 fully saturated rings. The van der Waals surface area contributed by atoms with Gasteiger partial charge < -0.3 is 15.7 Å². The number of carbonyl (C=O) groups is 1. The molecule has 1 saturated carbocycles. The smallest absolute Gasteiger partial charge is 0.475 e. The van der Waals surface area contributed by atoms with Gasteiger partial charge in [-0.15, -0.1) is 0 Å². The number of carboxylic acid groups (broad SMARTS) is 1. The van der Waals surface area contributed by atoms with Gasteiger partial charge in [-0.25, -0.2) is 4.79 Å². The van der Waals surface area contributed by atoms with Crippen molar-refractivity contribution >= 4 is 5.97 Å². The second-order valence-corrected chi connectivity index (χ2v) is 4.50. The first-order valence-corrected chi connectivity index (χ1v) is 5.33. The van der Waals surface area contributed by atoms with E-state index >= 15 is 0 Å². The van der Waals surface area contributed by atoms with Gasteiger partial charge in [0.15, 0.2) is 0 Å². The van der Waals surface area contributed by atoms with Gasteiger partial charge in [-0.2, -0.15) is 13.2 Å². The Labute approximate surface area is 98.6 Å². The number of aliphatic carboxylic acids is 1. The van der Waals surface area contributed by atoms with Crippen LogP contribution in [0.3, 0.4) is 0 Å². The molecule has 0 spiro atoms. The van der Waals surface area contributed by atoms with Crippen LogP contribution < -0.4 is 5.73 Å². The fraction of sp³-hybridized carbons (Fsp3) is 0.900. The molecule has 17 heavy (non-hydrogen) atoms. The molecule has 4 nitrogen and oxygen atoms in total. The van der Waals surface area contributed by atoms with Crippen LogP contribution in [0, 0.1) is 5.92 Å². The second-order valence-electron chi connectivity index (χ2n) is 4.50. The summed E-state index contributed by atoms with van der Waals surface area (Å²) in [4.78, 5) is 11.1. The van der Waals surface area contributed by atoms with Gasteiger partial charge >= 0.3 is 12.1 Å². The lowest BCUT2D eigenvalue weighted by Crippen LogP contribution is -2.22. The Morgan fingerprint density at radius 3 is 2.12 bits per heavy atom. The summed E-state index contributed by atoms with van der Waals surface area (Å²) < 4.78 is 31.7. The Balaban J connectivity index is 0.000000325. The Hall–Kier alpha value is -0.820. The molecule has 0 radical (unpaired) electrons. The van der Waals surface area contributed by atoms with E-state index in [1.54, 1.807) is 0 Å². The number of rotatable bonds is 2. The topological polar surface area (TPSA) is 66.6 Å². The van der Waals surface area contributed by atoms with Crippen LogP contribution in [0.4, 0.5) is 13.2 Å². The van der Waals surface area contributed by atoms with Crippen LogP contribution in [0.5, 0.6) is 0 Å². The van der Waals surface area contributed by atoms with Gasteiger partial charge in [0.1, 0.15) is 0 Å². The van der Waals surface area contributed by atoms with E-state index in [1.165, 1.54) is 25.8 Å². The molecule has 2 atom stereocenters. The molecule has 0 saturated heterocycles. The molecule has 1 rings (SSSR count). The standard InChI is InChI=1S/C8H18N2.C2HF3O2/c1-10(2)6-7-3-4-8(9)5-7;3-2(4,5)1(6)7/h7-8H,3-6,9H2,1-2H3;(H,6,7)/t7-,8+;/m1./s1. The fourth-order valence-electron chi connectivity index (χ4n) is 1.80. The number of nitrogens with two attached hydrogens (primary N) is 1. The number of hydrogen-bond acceptors (Lipinski definition) is 3. The van der Waals surface area contributed by atoms with Gasteiger partial charge in [-0.3, -0.25) is 0 Å². The number of halogens is 3. The summed E-state index contributed by atoms with van der Waals surface area (Å²) in [7, 11) is 4.26. The molecule has 0 aromatic heterocycles. The average Bonchev–Trinajstić information content (AvgIpc) is 2.49. The summed E-state index contributed by atoms with van der Waals surface area (Å²) in [6.45, 7) is 1.22. The molecular formula is C10H19F3N2O2. The summed E-state index contributed by atoms with van der Waals surface area (Å²) >= 11 is 0. The van der Waals surface area contributed by atoms with E-state index in [2.05, 4.69) is 19.0 Å². The lowest BCUT2D eigenvalue weighted by atomic mass is 10.1. The maximum absolute atomic E-state index is 10.6. The molecule has 0 aromatic carbocycles. The van der Waals surface area contributed by atoms with Crippen molar-refractivity contribution < 1.29 is 23.1 Å². The van der Waals surface area contributed by atoms with Gasteiger partial charge in [0, 0.05) is 12.6 Å². The lowest BCUT2D eigenvalue weighted by molar-refractivity contribution is -0.192. The Morgan fingerprint density at radius 1 is 1.41 bits per heavy atom. The van der Waals surface area contributed by atoms with Gasteiger partial charge in [0.25, 0.3) is 0 Å². The van der Waals surface area contributed by atoms with E-state index in [9.17, 15) is 13.2 Å². The van der Waals surface area contributed by atoms with Crippen molar-refractivity contribution in [3.8, 4) is 0 Å². The normalized spacial score (nSPS) is 24.4. The van der Waals surface area contributed by atoms with Crippen LogP contribution >= 0.6 is 0 Å². The molecule has 0 aromatic rings. The zero-order valence-electron chi connectivity index (χ0n) is 10.00. The van der Waals surface area contributed by atoms with Crippen LogP contribution in [0.25, 0.3) is 0 Å². The monoisotopic (exact) mass is 256 g/mol. The number of alkyl halides is 3. The van der Waals surface area contributed by atoms with E-state index < -0.39 is 12.1 Å². The van der Waals surface area contributed by atoms with Crippen LogP contribution in [0.2, 0.25) is 0 Å². The van der Waals surface area contributed by atoms with Crippen molar-refractivity contribution in [1.82, 2.24) is 4.90 Å². The third-order valence-corrected chi connectivity index (χ3v) is 2.45. The number of carboxylic acids is 1. The van der Waals surface area contributed by atoms with Crippen molar-refractivity contribution in [2.45, 2.75) is 31.5 Å². The van der Waals surface area contributed by atoms with E-state index in [-0.39, 0.29) is 0 Å². The first kappa shape index (κ1) is 16.2. The molecule has 7 heteroatoms. The molecule has 0 aliphatic heterocycles. The first-order chi connectivity index (χ1) is 7.62. The largest absolute Gasteiger partial charge is 0.490 e.